The van der Waals surface area contributed by atoms with Crippen LogP contribution in [-0.4, -0.2) is 138 Å². The summed E-state index contributed by atoms with van der Waals surface area (Å²) in [6, 6.07) is -0.668. The summed E-state index contributed by atoms with van der Waals surface area (Å²) in [5, 5.41) is 22.4. The van der Waals surface area contributed by atoms with Crippen LogP contribution in [0, 0.1) is 11.8 Å². The maximum absolute atomic E-state index is 14.8. The molecule has 0 saturated heterocycles. The second kappa shape index (κ2) is 54.3. The van der Waals surface area contributed by atoms with Crippen LogP contribution in [0.15, 0.2) is 24.3 Å². The highest BCUT2D eigenvalue weighted by Crippen LogP contribution is 2.19. The van der Waals surface area contributed by atoms with Gasteiger partial charge in [-0.2, -0.15) is 0 Å². The average Bonchev–Trinajstić information content (AvgIpc) is 3.43. The summed E-state index contributed by atoms with van der Waals surface area (Å²) in [4.78, 5) is 76.3. The van der Waals surface area contributed by atoms with Crippen molar-refractivity contribution in [3.63, 3.8) is 0 Å². The van der Waals surface area contributed by atoms with Crippen molar-refractivity contribution in [2.75, 3.05) is 72.1 Å². The van der Waals surface area contributed by atoms with Gasteiger partial charge in [0.05, 0.1) is 52.0 Å². The van der Waals surface area contributed by atoms with Crippen molar-refractivity contribution in [1.29, 1.82) is 0 Å². The van der Waals surface area contributed by atoms with E-state index >= 15 is 0 Å². The third-order valence-electron chi connectivity index (χ3n) is 15.6. The Bertz CT molecular complexity index is 1510. The largest absolute Gasteiger partial charge is 0.395 e. The third-order valence-corrected chi connectivity index (χ3v) is 15.6. The number of hydrogen-bond acceptors (Lipinski definition) is 8. The fourth-order valence-corrected chi connectivity index (χ4v) is 10.2. The van der Waals surface area contributed by atoms with Crippen molar-refractivity contribution in [2.45, 2.75) is 279 Å². The maximum Gasteiger partial charge on any atom is 0.242 e. The lowest BCUT2D eigenvalue weighted by Crippen LogP contribution is -2.52. The zero-order chi connectivity index (χ0) is 57.7. The van der Waals surface area contributed by atoms with Crippen molar-refractivity contribution >= 4 is 29.5 Å². The lowest BCUT2D eigenvalue weighted by molar-refractivity contribution is -0.147. The number of rotatable bonds is 57. The topological polar surface area (TPSA) is 177 Å². The Morgan fingerprint density at radius 3 is 1.05 bits per heavy atom. The maximum atomic E-state index is 14.8. The quantitative estimate of drug-likeness (QED) is 0.0343. The highest BCUT2D eigenvalue weighted by molar-refractivity contribution is 5.91. The molecule has 78 heavy (non-hydrogen) atoms. The first-order chi connectivity index (χ1) is 37.9. The van der Waals surface area contributed by atoms with E-state index in [1.54, 1.807) is 14.7 Å². The molecular formula is C65H124N6O7. The Balaban J connectivity index is 6.20. The van der Waals surface area contributed by atoms with Gasteiger partial charge in [0.1, 0.15) is 0 Å². The number of carbonyl (C=O) groups is 5. The average molecular weight is 1100 g/mol. The van der Waals surface area contributed by atoms with Gasteiger partial charge in [-0.25, -0.2) is 0 Å². The van der Waals surface area contributed by atoms with Gasteiger partial charge in [-0.3, -0.25) is 24.0 Å². The van der Waals surface area contributed by atoms with Gasteiger partial charge in [-0.15, -0.1) is 0 Å². The molecule has 2 atom stereocenters. The summed E-state index contributed by atoms with van der Waals surface area (Å²) in [7, 11) is 0. The highest BCUT2D eigenvalue weighted by Gasteiger charge is 2.29. The molecule has 0 spiro atoms. The fourth-order valence-electron chi connectivity index (χ4n) is 10.2. The summed E-state index contributed by atoms with van der Waals surface area (Å²) in [5.74, 6) is -1.53. The van der Waals surface area contributed by atoms with Gasteiger partial charge in [-0.05, 0) is 88.9 Å². The highest BCUT2D eigenvalue weighted by atomic mass is 16.3. The molecular weight excluding hydrogens is 977 g/mol. The molecule has 0 aliphatic heterocycles. The molecule has 0 radical (unpaired) electrons. The molecule has 456 valence electrons. The van der Waals surface area contributed by atoms with Gasteiger partial charge < -0.3 is 40.9 Å². The molecule has 0 heterocycles. The summed E-state index contributed by atoms with van der Waals surface area (Å²) >= 11 is 0. The number of nitrogens with one attached hydrogen (secondary N) is 1. The van der Waals surface area contributed by atoms with Gasteiger partial charge in [0, 0.05) is 26.2 Å². The van der Waals surface area contributed by atoms with Gasteiger partial charge in [-0.1, -0.05) is 220 Å². The smallest absolute Gasteiger partial charge is 0.242 e. The normalized spacial score (nSPS) is 12.5. The lowest BCUT2D eigenvalue weighted by atomic mass is 9.98. The molecule has 5 amide bonds. The Kier molecular flexibility index (Phi) is 52.0. The fraction of sp³-hybridized carbons (Fsp3) is 0.862. The second-order valence-electron chi connectivity index (χ2n) is 22.8. The number of hydrogen-bond donors (Lipinski definition) is 4. The van der Waals surface area contributed by atoms with Gasteiger partial charge in [0.2, 0.25) is 29.5 Å². The van der Waals surface area contributed by atoms with E-state index in [1.165, 1.54) is 94.8 Å². The zero-order valence-electron chi connectivity index (χ0n) is 51.6. The molecule has 0 saturated carbocycles. The van der Waals surface area contributed by atoms with Crippen LogP contribution in [0.25, 0.3) is 0 Å². The monoisotopic (exact) mass is 1100 g/mol. The minimum Gasteiger partial charge on any atom is -0.395 e. The van der Waals surface area contributed by atoms with Crippen LogP contribution in [0.1, 0.15) is 273 Å². The van der Waals surface area contributed by atoms with E-state index in [1.807, 2.05) is 0 Å². The molecule has 0 aliphatic carbocycles. The molecule has 0 aliphatic rings. The summed E-state index contributed by atoms with van der Waals surface area (Å²) < 4.78 is 0. The summed E-state index contributed by atoms with van der Waals surface area (Å²) in [5.41, 5.74) is 5.72. The summed E-state index contributed by atoms with van der Waals surface area (Å²) in [6.45, 7) is 12.8. The van der Waals surface area contributed by atoms with E-state index in [2.05, 4.69) is 71.2 Å². The van der Waals surface area contributed by atoms with E-state index in [0.717, 1.165) is 135 Å². The Morgan fingerprint density at radius 1 is 0.397 bits per heavy atom. The van der Waals surface area contributed by atoms with Crippen LogP contribution in [-0.2, 0) is 24.0 Å². The van der Waals surface area contributed by atoms with Crippen LogP contribution in [0.4, 0.5) is 0 Å². The number of allylic oxidation sites excluding steroid dienone is 4. The molecule has 0 rings (SSSR count). The van der Waals surface area contributed by atoms with Crippen molar-refractivity contribution in [1.82, 2.24) is 24.9 Å². The van der Waals surface area contributed by atoms with Crippen LogP contribution < -0.4 is 11.1 Å². The number of primary amides is 1. The van der Waals surface area contributed by atoms with Crippen LogP contribution in [0.3, 0.4) is 0 Å². The number of aliphatic hydroxyl groups is 2. The molecule has 2 unspecified atom stereocenters. The van der Waals surface area contributed by atoms with Gasteiger partial charge in [0.25, 0.3) is 0 Å². The predicted molar refractivity (Wildman–Crippen MR) is 327 cm³/mol. The standard InChI is InChI=1S/C65H124N6O7/c1-7-13-17-19-21-23-25-27-29-31-33-35-37-39-41-43-47-68(62(75)49-67-60(56-72)57-73)53-65(78)71(51-59(12-6)46-16-10-4)55-63(76)69(54-64(77)70(52-61(66)74)50-58(11-5)45-15-9-3)48-44-42-40-38-36-34-32-30-28-26-24-22-20-18-14-8-2/h27-30,58-60,67,72-73H,7-26,31-57H2,1-6H3,(H2,66,74)/b29-27-,30-28-. The van der Waals surface area contributed by atoms with Gasteiger partial charge in [0.15, 0.2) is 0 Å². The number of aliphatic hydroxyl groups excluding tert-OH is 2. The Hall–Kier alpha value is -3.29. The first-order valence-electron chi connectivity index (χ1n) is 32.6. The van der Waals surface area contributed by atoms with E-state index in [-0.39, 0.29) is 81.4 Å². The number of carbonyl (C=O) groups excluding carboxylic acids is 5. The van der Waals surface area contributed by atoms with Crippen molar-refractivity contribution in [3.8, 4) is 0 Å². The van der Waals surface area contributed by atoms with Crippen LogP contribution >= 0.6 is 0 Å². The van der Waals surface area contributed by atoms with E-state index in [4.69, 9.17) is 5.73 Å². The Morgan fingerprint density at radius 2 is 0.705 bits per heavy atom. The van der Waals surface area contributed by atoms with Crippen molar-refractivity contribution in [3.05, 3.63) is 24.3 Å². The minimum absolute atomic E-state index is 0.143. The van der Waals surface area contributed by atoms with Gasteiger partial charge >= 0.3 is 0 Å². The summed E-state index contributed by atoms with van der Waals surface area (Å²) in [6.07, 6.45) is 49.3. The zero-order valence-corrected chi connectivity index (χ0v) is 51.6. The molecule has 0 fully saturated rings. The van der Waals surface area contributed by atoms with E-state index in [0.29, 0.717) is 32.6 Å². The van der Waals surface area contributed by atoms with E-state index in [9.17, 15) is 34.2 Å². The third kappa shape index (κ3) is 42.6. The Labute approximate surface area is 479 Å². The number of unbranched alkanes of at least 4 members (excludes halogenated alkanes) is 26. The predicted octanol–water partition coefficient (Wildman–Crippen LogP) is 13.2. The second-order valence-corrected chi connectivity index (χ2v) is 22.8. The van der Waals surface area contributed by atoms with E-state index < -0.39 is 11.9 Å². The number of amides is 5. The number of nitrogens with two attached hydrogens (primary N) is 1. The molecule has 0 bridgehead atoms. The number of nitrogens with zero attached hydrogens (tertiary/aromatic N) is 4. The molecule has 5 N–H and O–H groups in total. The lowest BCUT2D eigenvalue weighted by Gasteiger charge is -2.33. The first kappa shape index (κ1) is 74.7. The molecule has 13 heteroatoms. The molecule has 0 aromatic heterocycles. The first-order valence-corrected chi connectivity index (χ1v) is 32.6. The van der Waals surface area contributed by atoms with Crippen molar-refractivity contribution < 1.29 is 34.2 Å². The molecule has 13 nitrogen and oxygen atoms in total. The van der Waals surface area contributed by atoms with Crippen LogP contribution in [0.2, 0.25) is 0 Å². The van der Waals surface area contributed by atoms with Crippen LogP contribution in [0.5, 0.6) is 0 Å². The minimum atomic E-state index is -0.668. The van der Waals surface area contributed by atoms with Crippen molar-refractivity contribution in [2.24, 2.45) is 17.6 Å². The molecule has 0 aromatic rings. The molecule has 0 aromatic carbocycles. The SMILES string of the molecule is CCCCCCCC/C=C\CCCCCCCCN(CC(=O)N(CC(=O)N(CCCCCCCC/C=C\CCCCCCCC)CC(=O)N(CC(N)=O)CC(CC)CCCC)CC(CC)CCCC)C(=O)CNC(CO)CO.